The number of rotatable bonds is 0. The second-order valence-electron chi connectivity index (χ2n) is 3.49. The van der Waals surface area contributed by atoms with Crippen LogP contribution in [-0.4, -0.2) is 4.98 Å². The van der Waals surface area contributed by atoms with Crippen LogP contribution in [0.25, 0.3) is 10.9 Å². The van der Waals surface area contributed by atoms with Crippen molar-refractivity contribution in [1.29, 1.82) is 0 Å². The number of nitrogens with one attached hydrogen (secondary N) is 1. The maximum atomic E-state index is 13.0. The van der Waals surface area contributed by atoms with Crippen LogP contribution in [0.5, 0.6) is 0 Å². The number of H-pyrrole nitrogens is 1. The van der Waals surface area contributed by atoms with Crippen molar-refractivity contribution in [2.24, 2.45) is 0 Å². The summed E-state index contributed by atoms with van der Waals surface area (Å²) in [6, 6.07) is 5.08. The fourth-order valence-electron chi connectivity index (χ4n) is 1.65. The molecule has 0 radical (unpaired) electrons. The lowest BCUT2D eigenvalue weighted by Crippen LogP contribution is -2.10. The number of aromatic amines is 1. The molecule has 1 aromatic heterocycles. The molecule has 0 saturated carbocycles. The molecule has 0 aliphatic heterocycles. The number of hydrogen-bond acceptors (Lipinski definition) is 1. The van der Waals surface area contributed by atoms with Crippen LogP contribution in [-0.2, 0) is 0 Å². The molecule has 0 spiro atoms. The van der Waals surface area contributed by atoms with E-state index < -0.39 is 11.4 Å². The molecule has 0 saturated heterocycles. The average Bonchev–Trinajstić information content (AvgIpc) is 2.08. The van der Waals surface area contributed by atoms with E-state index in [0.717, 1.165) is 16.5 Å². The molecule has 0 aliphatic carbocycles. The first-order chi connectivity index (χ1) is 6.58. The minimum atomic E-state index is -0.732. The number of halogens is 1. The monoisotopic (exact) mass is 191 g/mol. The Balaban J connectivity index is 2.96. The molecule has 0 bridgehead atoms. The number of aryl methyl sites for hydroxylation is 2. The zero-order valence-electron chi connectivity index (χ0n) is 8.02. The zero-order valence-corrected chi connectivity index (χ0v) is 8.02. The Morgan fingerprint density at radius 3 is 2.64 bits per heavy atom. The standard InChI is InChI=1S/C11H10FNO/c1-6-3-7(2)8-5-9(12)11(14)13-10(8)4-6/h3-5H,1-2H3,(H,13,14). The summed E-state index contributed by atoms with van der Waals surface area (Å²) in [7, 11) is 0. The second-order valence-corrected chi connectivity index (χ2v) is 3.49. The van der Waals surface area contributed by atoms with Gasteiger partial charge in [0.1, 0.15) is 0 Å². The summed E-state index contributed by atoms with van der Waals surface area (Å²) >= 11 is 0. The third-order valence-electron chi connectivity index (χ3n) is 2.27. The van der Waals surface area contributed by atoms with Gasteiger partial charge in [-0.15, -0.1) is 0 Å². The van der Waals surface area contributed by atoms with Gasteiger partial charge in [-0.1, -0.05) is 6.07 Å². The first kappa shape index (κ1) is 8.94. The molecule has 3 heteroatoms. The summed E-state index contributed by atoms with van der Waals surface area (Å²) in [5, 5.41) is 0.757. The predicted octanol–water partition coefficient (Wildman–Crippen LogP) is 2.28. The van der Waals surface area contributed by atoms with E-state index in [4.69, 9.17) is 0 Å². The number of hydrogen-bond donors (Lipinski definition) is 1. The van der Waals surface area contributed by atoms with Crippen LogP contribution in [0.3, 0.4) is 0 Å². The summed E-state index contributed by atoms with van der Waals surface area (Å²) in [6.07, 6.45) is 0. The van der Waals surface area contributed by atoms with Crippen LogP contribution in [0.15, 0.2) is 23.0 Å². The Morgan fingerprint density at radius 2 is 1.93 bits per heavy atom. The zero-order chi connectivity index (χ0) is 10.3. The first-order valence-corrected chi connectivity index (χ1v) is 4.38. The number of fused-ring (bicyclic) bond motifs is 1. The largest absolute Gasteiger partial charge is 0.319 e. The van der Waals surface area contributed by atoms with Crippen molar-refractivity contribution in [1.82, 2.24) is 4.98 Å². The van der Waals surface area contributed by atoms with Crippen LogP contribution in [0.2, 0.25) is 0 Å². The van der Waals surface area contributed by atoms with Crippen molar-refractivity contribution < 1.29 is 4.39 Å². The average molecular weight is 191 g/mol. The highest BCUT2D eigenvalue weighted by atomic mass is 19.1. The molecule has 0 unspecified atom stereocenters. The van der Waals surface area contributed by atoms with E-state index in [2.05, 4.69) is 4.98 Å². The molecule has 1 heterocycles. The number of pyridine rings is 1. The highest BCUT2D eigenvalue weighted by Gasteiger charge is 2.04. The van der Waals surface area contributed by atoms with E-state index in [9.17, 15) is 9.18 Å². The van der Waals surface area contributed by atoms with Crippen molar-refractivity contribution in [3.8, 4) is 0 Å². The molecule has 0 aliphatic rings. The fourth-order valence-corrected chi connectivity index (χ4v) is 1.65. The van der Waals surface area contributed by atoms with Crippen molar-refractivity contribution in [3.05, 3.63) is 45.5 Å². The molecule has 72 valence electrons. The molecule has 2 rings (SSSR count). The Kier molecular flexibility index (Phi) is 1.88. The van der Waals surface area contributed by atoms with Crippen LogP contribution >= 0.6 is 0 Å². The van der Waals surface area contributed by atoms with Crippen LogP contribution < -0.4 is 5.56 Å². The van der Waals surface area contributed by atoms with Gasteiger partial charge in [-0.05, 0) is 37.1 Å². The van der Waals surface area contributed by atoms with Gasteiger partial charge in [0.25, 0.3) is 5.56 Å². The molecule has 1 N–H and O–H groups in total. The molecule has 2 nitrogen and oxygen atoms in total. The van der Waals surface area contributed by atoms with Gasteiger partial charge < -0.3 is 4.98 Å². The maximum absolute atomic E-state index is 13.0. The van der Waals surface area contributed by atoms with Gasteiger partial charge in [-0.3, -0.25) is 4.79 Å². The van der Waals surface area contributed by atoms with Crippen molar-refractivity contribution in [2.75, 3.05) is 0 Å². The summed E-state index contributed by atoms with van der Waals surface area (Å²) in [5.74, 6) is -0.732. The highest BCUT2D eigenvalue weighted by molar-refractivity contribution is 5.82. The minimum absolute atomic E-state index is 0.664. The predicted molar refractivity (Wildman–Crippen MR) is 54.0 cm³/mol. The molecule has 1 aromatic carbocycles. The molecule has 2 aromatic rings. The van der Waals surface area contributed by atoms with Gasteiger partial charge in [-0.2, -0.15) is 0 Å². The quantitative estimate of drug-likeness (QED) is 0.680. The number of benzene rings is 1. The van der Waals surface area contributed by atoms with Crippen LogP contribution in [0, 0.1) is 19.7 Å². The van der Waals surface area contributed by atoms with Gasteiger partial charge in [0, 0.05) is 10.9 Å². The van der Waals surface area contributed by atoms with E-state index in [0.29, 0.717) is 5.52 Å². The molecule has 14 heavy (non-hydrogen) atoms. The van der Waals surface area contributed by atoms with Gasteiger partial charge in [0.2, 0.25) is 0 Å². The molecule has 0 fully saturated rings. The smallest absolute Gasteiger partial charge is 0.284 e. The van der Waals surface area contributed by atoms with E-state index in [1.54, 1.807) is 0 Å². The van der Waals surface area contributed by atoms with Crippen LogP contribution in [0.4, 0.5) is 4.39 Å². The van der Waals surface area contributed by atoms with Crippen molar-refractivity contribution in [3.63, 3.8) is 0 Å². The normalized spacial score (nSPS) is 10.8. The summed E-state index contributed by atoms with van der Waals surface area (Å²) in [4.78, 5) is 13.5. The van der Waals surface area contributed by atoms with Gasteiger partial charge in [0.15, 0.2) is 5.82 Å². The molecular formula is C11H10FNO. The lowest BCUT2D eigenvalue weighted by atomic mass is 10.1. The minimum Gasteiger partial charge on any atom is -0.319 e. The van der Waals surface area contributed by atoms with E-state index in [-0.39, 0.29) is 0 Å². The van der Waals surface area contributed by atoms with Gasteiger partial charge >= 0.3 is 0 Å². The lowest BCUT2D eigenvalue weighted by molar-refractivity contribution is 0.612. The van der Waals surface area contributed by atoms with Crippen LogP contribution in [0.1, 0.15) is 11.1 Å². The third-order valence-corrected chi connectivity index (χ3v) is 2.27. The first-order valence-electron chi connectivity index (χ1n) is 4.38. The molecular weight excluding hydrogens is 181 g/mol. The Hall–Kier alpha value is -1.64. The lowest BCUT2D eigenvalue weighted by Gasteiger charge is -2.03. The van der Waals surface area contributed by atoms with E-state index in [1.807, 2.05) is 26.0 Å². The maximum Gasteiger partial charge on any atom is 0.284 e. The fraction of sp³-hybridized carbons (Fsp3) is 0.182. The molecule has 0 atom stereocenters. The van der Waals surface area contributed by atoms with Gasteiger partial charge in [-0.25, -0.2) is 4.39 Å². The topological polar surface area (TPSA) is 32.9 Å². The van der Waals surface area contributed by atoms with Crippen molar-refractivity contribution in [2.45, 2.75) is 13.8 Å². The Bertz CT molecular complexity index is 557. The van der Waals surface area contributed by atoms with E-state index >= 15 is 0 Å². The summed E-state index contributed by atoms with van der Waals surface area (Å²) in [6.45, 7) is 3.83. The second kappa shape index (κ2) is 2.94. The summed E-state index contributed by atoms with van der Waals surface area (Å²) < 4.78 is 13.0. The highest BCUT2D eigenvalue weighted by Crippen LogP contribution is 2.17. The number of aromatic nitrogens is 1. The van der Waals surface area contributed by atoms with Crippen molar-refractivity contribution >= 4 is 10.9 Å². The third kappa shape index (κ3) is 1.31. The summed E-state index contributed by atoms with van der Waals surface area (Å²) in [5.41, 5.74) is 2.05. The van der Waals surface area contributed by atoms with Gasteiger partial charge in [0.05, 0.1) is 0 Å². The molecule has 0 amide bonds. The van der Waals surface area contributed by atoms with E-state index in [1.165, 1.54) is 6.07 Å². The Labute approximate surface area is 80.4 Å². The SMILES string of the molecule is Cc1cc(C)c2cc(F)c(=O)[nH]c2c1. The Morgan fingerprint density at radius 1 is 1.21 bits per heavy atom.